The summed E-state index contributed by atoms with van der Waals surface area (Å²) < 4.78 is 1.16. The average Bonchev–Trinajstić information content (AvgIpc) is 2.34. The van der Waals surface area contributed by atoms with Gasteiger partial charge >= 0.3 is 0 Å². The highest BCUT2D eigenvalue weighted by atomic mass is 127. The first kappa shape index (κ1) is 17.6. The first-order valence-corrected chi connectivity index (χ1v) is 8.24. The zero-order chi connectivity index (χ0) is 13.8. The number of hydrogen-bond donors (Lipinski definition) is 0. The number of halogens is 1. The first-order chi connectivity index (χ1) is 8.63. The number of nitrogens with zero attached hydrogens (tertiary/aromatic N) is 1. The van der Waals surface area contributed by atoms with E-state index in [0.717, 1.165) is 23.7 Å². The van der Waals surface area contributed by atoms with Gasteiger partial charge in [0.1, 0.15) is 0 Å². The Morgan fingerprint density at radius 1 is 1.39 bits per heavy atom. The fraction of sp³-hybridized carbons (Fsp3) is 0.562. The van der Waals surface area contributed by atoms with Gasteiger partial charge in [-0.3, -0.25) is 4.99 Å². The fourth-order valence-electron chi connectivity index (χ4n) is 1.50. The molecule has 0 aromatic rings. The van der Waals surface area contributed by atoms with Crippen molar-refractivity contribution in [3.63, 3.8) is 0 Å². The Balaban J connectivity index is 4.30. The second-order valence-electron chi connectivity index (χ2n) is 4.43. The normalized spacial score (nSPS) is 15.8. The summed E-state index contributed by atoms with van der Waals surface area (Å²) in [4.78, 5) is 4.61. The van der Waals surface area contributed by atoms with Gasteiger partial charge in [-0.1, -0.05) is 59.9 Å². The molecule has 0 N–H and O–H groups in total. The lowest BCUT2D eigenvalue weighted by Crippen LogP contribution is -2.00. The van der Waals surface area contributed by atoms with Crippen LogP contribution in [0.2, 0.25) is 0 Å². The highest BCUT2D eigenvalue weighted by molar-refractivity contribution is 14.1. The molecule has 1 nitrogen and oxygen atoms in total. The highest BCUT2D eigenvalue weighted by Crippen LogP contribution is 2.07. The SMILES string of the molecule is C/C=C/C(=C/C=C\C/C(C)=N/[C@@H](C)CC)CCI. The van der Waals surface area contributed by atoms with Crippen LogP contribution < -0.4 is 0 Å². The van der Waals surface area contributed by atoms with E-state index in [1.165, 1.54) is 11.3 Å². The molecule has 0 fully saturated rings. The Morgan fingerprint density at radius 2 is 2.11 bits per heavy atom. The molecular weight excluding hydrogens is 333 g/mol. The van der Waals surface area contributed by atoms with Crippen LogP contribution in [0.1, 0.15) is 47.0 Å². The molecule has 0 rings (SSSR count). The van der Waals surface area contributed by atoms with E-state index in [-0.39, 0.29) is 0 Å². The van der Waals surface area contributed by atoms with Gasteiger partial charge in [-0.25, -0.2) is 0 Å². The van der Waals surface area contributed by atoms with Crippen molar-refractivity contribution in [3.8, 4) is 0 Å². The Hall–Kier alpha value is -0.380. The number of allylic oxidation sites excluding steroid dienone is 6. The fourth-order valence-corrected chi connectivity index (χ4v) is 2.12. The number of alkyl halides is 1. The van der Waals surface area contributed by atoms with Crippen molar-refractivity contribution < 1.29 is 0 Å². The minimum atomic E-state index is 0.451. The van der Waals surface area contributed by atoms with Crippen LogP contribution >= 0.6 is 22.6 Å². The summed E-state index contributed by atoms with van der Waals surface area (Å²) in [7, 11) is 0. The molecule has 0 aliphatic carbocycles. The van der Waals surface area contributed by atoms with Gasteiger partial charge in [0, 0.05) is 22.6 Å². The molecule has 0 aliphatic heterocycles. The van der Waals surface area contributed by atoms with Crippen LogP contribution in [0.25, 0.3) is 0 Å². The van der Waals surface area contributed by atoms with Crippen LogP contribution in [0.3, 0.4) is 0 Å². The monoisotopic (exact) mass is 359 g/mol. The molecule has 0 saturated carbocycles. The zero-order valence-electron chi connectivity index (χ0n) is 12.1. The Morgan fingerprint density at radius 3 is 2.67 bits per heavy atom. The molecule has 0 spiro atoms. The van der Waals surface area contributed by atoms with Crippen LogP contribution in [0.5, 0.6) is 0 Å². The Bertz CT molecular complexity index is 324. The van der Waals surface area contributed by atoms with Crippen LogP contribution in [-0.2, 0) is 0 Å². The summed E-state index contributed by atoms with van der Waals surface area (Å²) in [5.41, 5.74) is 2.61. The van der Waals surface area contributed by atoms with Crippen molar-refractivity contribution >= 4 is 28.3 Å². The Kier molecular flexibility index (Phi) is 11.4. The van der Waals surface area contributed by atoms with Gasteiger partial charge in [0.05, 0.1) is 0 Å². The number of hydrogen-bond acceptors (Lipinski definition) is 1. The number of rotatable bonds is 8. The van der Waals surface area contributed by atoms with Crippen molar-refractivity contribution in [2.75, 3.05) is 4.43 Å². The van der Waals surface area contributed by atoms with Gasteiger partial charge in [-0.15, -0.1) is 0 Å². The lowest BCUT2D eigenvalue weighted by atomic mass is 10.1. The van der Waals surface area contributed by atoms with Crippen molar-refractivity contribution in [1.82, 2.24) is 0 Å². The molecule has 0 bridgehead atoms. The summed E-state index contributed by atoms with van der Waals surface area (Å²) in [5, 5.41) is 0. The van der Waals surface area contributed by atoms with E-state index in [2.05, 4.69) is 85.7 Å². The minimum absolute atomic E-state index is 0.451. The summed E-state index contributed by atoms with van der Waals surface area (Å²) in [5.74, 6) is 0. The predicted octanol–water partition coefficient (Wildman–Crippen LogP) is 5.52. The molecule has 0 unspecified atom stereocenters. The highest BCUT2D eigenvalue weighted by Gasteiger charge is 1.94. The van der Waals surface area contributed by atoms with E-state index >= 15 is 0 Å². The predicted molar refractivity (Wildman–Crippen MR) is 93.0 cm³/mol. The van der Waals surface area contributed by atoms with Gasteiger partial charge in [-0.2, -0.15) is 0 Å². The maximum atomic E-state index is 4.61. The molecule has 0 heterocycles. The van der Waals surface area contributed by atoms with E-state index in [9.17, 15) is 0 Å². The standard InChI is InChI=1S/C16H26IN/c1-5-9-16(12-13-17)11-8-7-10-15(4)18-14(3)6-2/h5,7-9,11,14H,6,10,12-13H2,1-4H3/b8-7-,9-5+,16-11-,18-15+/t14-/m0/s1. The molecule has 1 atom stereocenters. The lowest BCUT2D eigenvalue weighted by molar-refractivity contribution is 0.715. The van der Waals surface area contributed by atoms with E-state index in [0.29, 0.717) is 6.04 Å². The topological polar surface area (TPSA) is 12.4 Å². The van der Waals surface area contributed by atoms with Crippen LogP contribution in [-0.4, -0.2) is 16.2 Å². The molecule has 18 heavy (non-hydrogen) atoms. The zero-order valence-corrected chi connectivity index (χ0v) is 14.3. The summed E-state index contributed by atoms with van der Waals surface area (Å²) >= 11 is 2.41. The number of aliphatic imine (C=N–C) groups is 1. The van der Waals surface area contributed by atoms with E-state index in [1.54, 1.807) is 0 Å². The molecule has 0 aliphatic rings. The molecule has 0 aromatic carbocycles. The molecule has 102 valence electrons. The maximum absolute atomic E-state index is 4.61. The average molecular weight is 359 g/mol. The second kappa shape index (κ2) is 11.7. The summed E-state index contributed by atoms with van der Waals surface area (Å²) in [6.45, 7) is 8.51. The quantitative estimate of drug-likeness (QED) is 0.234. The van der Waals surface area contributed by atoms with Crippen LogP contribution in [0, 0.1) is 0 Å². The largest absolute Gasteiger partial charge is 0.291 e. The van der Waals surface area contributed by atoms with E-state index in [1.807, 2.05) is 0 Å². The van der Waals surface area contributed by atoms with Gasteiger partial charge in [0.2, 0.25) is 0 Å². The van der Waals surface area contributed by atoms with Crippen LogP contribution in [0.15, 0.2) is 40.9 Å². The molecular formula is C16H26IN. The third kappa shape index (κ3) is 9.63. The Labute approximate surface area is 126 Å². The van der Waals surface area contributed by atoms with Gasteiger partial charge < -0.3 is 0 Å². The molecule has 0 aromatic heterocycles. The van der Waals surface area contributed by atoms with E-state index < -0.39 is 0 Å². The minimum Gasteiger partial charge on any atom is -0.291 e. The van der Waals surface area contributed by atoms with Crippen molar-refractivity contribution in [1.29, 1.82) is 0 Å². The molecule has 0 saturated heterocycles. The molecule has 0 amide bonds. The smallest absolute Gasteiger partial charge is 0.0468 e. The lowest BCUT2D eigenvalue weighted by Gasteiger charge is -2.03. The van der Waals surface area contributed by atoms with Gasteiger partial charge in [-0.05, 0) is 39.2 Å². The summed E-state index contributed by atoms with van der Waals surface area (Å²) in [6, 6.07) is 0.451. The molecule has 0 radical (unpaired) electrons. The third-order valence-electron chi connectivity index (χ3n) is 2.66. The van der Waals surface area contributed by atoms with E-state index in [4.69, 9.17) is 0 Å². The van der Waals surface area contributed by atoms with Crippen molar-refractivity contribution in [3.05, 3.63) is 36.0 Å². The van der Waals surface area contributed by atoms with Crippen molar-refractivity contribution in [2.24, 2.45) is 4.99 Å². The maximum Gasteiger partial charge on any atom is 0.0468 e. The third-order valence-corrected chi connectivity index (χ3v) is 3.19. The van der Waals surface area contributed by atoms with Gasteiger partial charge in [0.25, 0.3) is 0 Å². The molecule has 2 heteroatoms. The second-order valence-corrected chi connectivity index (χ2v) is 5.51. The van der Waals surface area contributed by atoms with Crippen molar-refractivity contribution in [2.45, 2.75) is 53.0 Å². The van der Waals surface area contributed by atoms with Crippen LogP contribution in [0.4, 0.5) is 0 Å². The van der Waals surface area contributed by atoms with Gasteiger partial charge in [0.15, 0.2) is 0 Å². The first-order valence-electron chi connectivity index (χ1n) is 6.71. The summed E-state index contributed by atoms with van der Waals surface area (Å²) in [6.07, 6.45) is 14.0.